The zero-order chi connectivity index (χ0) is 17.2. The first kappa shape index (κ1) is 17.9. The number of piperidine rings is 1. The van der Waals surface area contributed by atoms with Crippen molar-refractivity contribution in [3.05, 3.63) is 16.3 Å². The largest absolute Gasteiger partial charge is 0.348 e. The fraction of sp³-hybridized carbons (Fsp3) is 0.706. The third-order valence-corrected chi connectivity index (χ3v) is 8.18. The molecule has 0 spiro atoms. The SMILES string of the molecule is CC1CCCCC1NC(=O)c1sccc1S(=O)(=O)N1CCCCC1. The highest BCUT2D eigenvalue weighted by atomic mass is 32.2. The molecule has 1 aromatic heterocycles. The summed E-state index contributed by atoms with van der Waals surface area (Å²) in [5, 5.41) is 4.78. The molecule has 2 atom stereocenters. The first-order valence-corrected chi connectivity index (χ1v) is 11.2. The molecule has 1 saturated carbocycles. The van der Waals surface area contributed by atoms with Gasteiger partial charge in [-0.15, -0.1) is 11.3 Å². The monoisotopic (exact) mass is 370 g/mol. The summed E-state index contributed by atoms with van der Waals surface area (Å²) in [4.78, 5) is 13.2. The number of nitrogens with zero attached hydrogens (tertiary/aromatic N) is 1. The van der Waals surface area contributed by atoms with Crippen LogP contribution in [0.4, 0.5) is 0 Å². The lowest BCUT2D eigenvalue weighted by molar-refractivity contribution is 0.0911. The Morgan fingerprint density at radius 1 is 1.17 bits per heavy atom. The summed E-state index contributed by atoms with van der Waals surface area (Å²) in [5.41, 5.74) is 0. The number of carbonyl (C=O) groups is 1. The van der Waals surface area contributed by atoms with E-state index in [2.05, 4.69) is 12.2 Å². The maximum Gasteiger partial charge on any atom is 0.262 e. The van der Waals surface area contributed by atoms with E-state index in [9.17, 15) is 13.2 Å². The zero-order valence-electron chi connectivity index (χ0n) is 14.2. The molecule has 1 N–H and O–H groups in total. The highest BCUT2D eigenvalue weighted by Gasteiger charge is 2.32. The van der Waals surface area contributed by atoms with Crippen molar-refractivity contribution in [2.75, 3.05) is 13.1 Å². The standard InChI is InChI=1S/C17H26N2O3S2/c1-13-7-3-4-8-14(13)18-17(20)16-15(9-12-23-16)24(21,22)19-10-5-2-6-11-19/h9,12-14H,2-8,10-11H2,1H3,(H,18,20). The van der Waals surface area contributed by atoms with Gasteiger partial charge >= 0.3 is 0 Å². The summed E-state index contributed by atoms with van der Waals surface area (Å²) in [6, 6.07) is 1.73. The van der Waals surface area contributed by atoms with Gasteiger partial charge in [0.05, 0.1) is 0 Å². The average molecular weight is 371 g/mol. The number of nitrogens with one attached hydrogen (secondary N) is 1. The second-order valence-corrected chi connectivity index (χ2v) is 9.74. The first-order chi connectivity index (χ1) is 11.5. The molecule has 2 unspecified atom stereocenters. The lowest BCUT2D eigenvalue weighted by atomic mass is 9.86. The minimum atomic E-state index is -3.57. The molecule has 1 amide bonds. The summed E-state index contributed by atoms with van der Waals surface area (Å²) in [7, 11) is -3.57. The summed E-state index contributed by atoms with van der Waals surface area (Å²) in [6.07, 6.45) is 7.29. The third kappa shape index (κ3) is 3.68. The fourth-order valence-electron chi connectivity index (χ4n) is 3.68. The maximum atomic E-state index is 12.9. The van der Waals surface area contributed by atoms with Crippen molar-refractivity contribution in [1.29, 1.82) is 0 Å². The smallest absolute Gasteiger partial charge is 0.262 e. The van der Waals surface area contributed by atoms with Gasteiger partial charge in [0.25, 0.3) is 5.91 Å². The first-order valence-electron chi connectivity index (χ1n) is 8.88. The molecule has 5 nitrogen and oxygen atoms in total. The molecule has 3 rings (SSSR count). The van der Waals surface area contributed by atoms with Gasteiger partial charge in [-0.2, -0.15) is 4.31 Å². The van der Waals surface area contributed by atoms with E-state index in [4.69, 9.17) is 0 Å². The van der Waals surface area contributed by atoms with Crippen LogP contribution in [-0.4, -0.2) is 37.8 Å². The van der Waals surface area contributed by atoms with E-state index in [1.54, 1.807) is 11.4 Å². The van der Waals surface area contributed by atoms with Crippen LogP contribution in [0, 0.1) is 5.92 Å². The molecular formula is C17H26N2O3S2. The Bertz CT molecular complexity index is 678. The molecule has 24 heavy (non-hydrogen) atoms. The van der Waals surface area contributed by atoms with E-state index in [0.717, 1.165) is 38.5 Å². The highest BCUT2D eigenvalue weighted by molar-refractivity contribution is 7.89. The molecule has 1 aromatic rings. The zero-order valence-corrected chi connectivity index (χ0v) is 15.8. The van der Waals surface area contributed by atoms with Gasteiger partial charge in [0.15, 0.2) is 0 Å². The van der Waals surface area contributed by atoms with Crippen LogP contribution in [0.1, 0.15) is 61.5 Å². The van der Waals surface area contributed by atoms with Crippen molar-refractivity contribution >= 4 is 27.3 Å². The lowest BCUT2D eigenvalue weighted by Gasteiger charge is -2.29. The molecule has 1 aliphatic heterocycles. The highest BCUT2D eigenvalue weighted by Crippen LogP contribution is 2.29. The van der Waals surface area contributed by atoms with Crippen LogP contribution in [0.25, 0.3) is 0 Å². The molecule has 1 saturated heterocycles. The molecule has 2 aliphatic rings. The van der Waals surface area contributed by atoms with Gasteiger partial charge in [0.2, 0.25) is 10.0 Å². The number of amides is 1. The van der Waals surface area contributed by atoms with Crippen molar-refractivity contribution in [1.82, 2.24) is 9.62 Å². The summed E-state index contributed by atoms with van der Waals surface area (Å²) >= 11 is 1.22. The van der Waals surface area contributed by atoms with E-state index in [1.165, 1.54) is 22.1 Å². The topological polar surface area (TPSA) is 66.5 Å². The molecular weight excluding hydrogens is 344 g/mol. The van der Waals surface area contributed by atoms with Gasteiger partial charge in [0, 0.05) is 19.1 Å². The minimum Gasteiger partial charge on any atom is -0.348 e. The maximum absolute atomic E-state index is 12.9. The van der Waals surface area contributed by atoms with E-state index < -0.39 is 10.0 Å². The predicted octanol–water partition coefficient (Wildman–Crippen LogP) is 3.23. The van der Waals surface area contributed by atoms with Crippen LogP contribution >= 0.6 is 11.3 Å². The third-order valence-electron chi connectivity index (χ3n) is 5.20. The number of thiophene rings is 1. The van der Waals surface area contributed by atoms with Gasteiger partial charge in [-0.1, -0.05) is 26.2 Å². The van der Waals surface area contributed by atoms with Crippen molar-refractivity contribution < 1.29 is 13.2 Å². The van der Waals surface area contributed by atoms with Crippen molar-refractivity contribution in [2.45, 2.75) is 62.8 Å². The number of sulfonamides is 1. The van der Waals surface area contributed by atoms with E-state index in [-0.39, 0.29) is 16.8 Å². The number of rotatable bonds is 4. The molecule has 2 fully saturated rings. The molecule has 0 bridgehead atoms. The van der Waals surface area contributed by atoms with Crippen molar-refractivity contribution in [2.24, 2.45) is 5.92 Å². The molecule has 134 valence electrons. The van der Waals surface area contributed by atoms with Crippen molar-refractivity contribution in [3.8, 4) is 0 Å². The van der Waals surface area contributed by atoms with E-state index in [0.29, 0.717) is 23.9 Å². The van der Waals surface area contributed by atoms with Crippen LogP contribution in [0.5, 0.6) is 0 Å². The Morgan fingerprint density at radius 2 is 1.88 bits per heavy atom. The molecule has 0 aromatic carbocycles. The molecule has 0 radical (unpaired) electrons. The Kier molecular flexibility index (Phi) is 5.62. The Balaban J connectivity index is 1.78. The summed E-state index contributed by atoms with van der Waals surface area (Å²) in [6.45, 7) is 3.27. The fourth-order valence-corrected chi connectivity index (χ4v) is 6.50. The Hall–Kier alpha value is -0.920. The van der Waals surface area contributed by atoms with Gasteiger partial charge in [-0.25, -0.2) is 8.42 Å². The van der Waals surface area contributed by atoms with E-state index in [1.807, 2.05) is 0 Å². The van der Waals surface area contributed by atoms with Crippen LogP contribution in [0.2, 0.25) is 0 Å². The number of hydrogen-bond acceptors (Lipinski definition) is 4. The second kappa shape index (κ2) is 7.54. The number of carbonyl (C=O) groups excluding carboxylic acids is 1. The molecule has 2 heterocycles. The van der Waals surface area contributed by atoms with Gasteiger partial charge in [-0.05, 0) is 43.0 Å². The summed E-state index contributed by atoms with van der Waals surface area (Å²) in [5.74, 6) is 0.212. The van der Waals surface area contributed by atoms with Crippen molar-refractivity contribution in [3.63, 3.8) is 0 Å². The molecule has 1 aliphatic carbocycles. The van der Waals surface area contributed by atoms with Crippen LogP contribution in [0.15, 0.2) is 16.3 Å². The van der Waals surface area contributed by atoms with Gasteiger partial charge in [-0.3, -0.25) is 4.79 Å². The Labute approximate surface area is 148 Å². The predicted molar refractivity (Wildman–Crippen MR) is 95.8 cm³/mol. The average Bonchev–Trinajstić information content (AvgIpc) is 3.08. The van der Waals surface area contributed by atoms with E-state index >= 15 is 0 Å². The molecule has 7 heteroatoms. The summed E-state index contributed by atoms with van der Waals surface area (Å²) < 4.78 is 27.3. The van der Waals surface area contributed by atoms with Crippen LogP contribution < -0.4 is 5.32 Å². The van der Waals surface area contributed by atoms with Gasteiger partial charge < -0.3 is 5.32 Å². The quantitative estimate of drug-likeness (QED) is 0.885. The van der Waals surface area contributed by atoms with Crippen LogP contribution in [0.3, 0.4) is 0 Å². The minimum absolute atomic E-state index is 0.152. The normalized spacial score (nSPS) is 26.2. The lowest BCUT2D eigenvalue weighted by Crippen LogP contribution is -2.41. The Morgan fingerprint density at radius 3 is 2.58 bits per heavy atom. The number of hydrogen-bond donors (Lipinski definition) is 1. The van der Waals surface area contributed by atoms with Crippen LogP contribution in [-0.2, 0) is 10.0 Å². The van der Waals surface area contributed by atoms with Gasteiger partial charge in [0.1, 0.15) is 9.77 Å². The second-order valence-electron chi connectivity index (χ2n) is 6.92.